The van der Waals surface area contributed by atoms with E-state index in [1.54, 1.807) is 34.6 Å². The van der Waals surface area contributed by atoms with E-state index in [1.807, 2.05) is 37.3 Å². The van der Waals surface area contributed by atoms with E-state index in [0.29, 0.717) is 41.5 Å². The second-order valence-electron chi connectivity index (χ2n) is 9.42. The minimum absolute atomic E-state index is 0.0263. The van der Waals surface area contributed by atoms with Crippen LogP contribution in [0.4, 0.5) is 0 Å². The predicted octanol–water partition coefficient (Wildman–Crippen LogP) is 0.571. The molecule has 9 heteroatoms. The summed E-state index contributed by atoms with van der Waals surface area (Å²) in [6.45, 7) is 8.76. The Kier molecular flexibility index (Phi) is 7.25. The van der Waals surface area contributed by atoms with Crippen molar-refractivity contribution in [2.45, 2.75) is 26.3 Å². The first-order chi connectivity index (χ1) is 18.0. The Bertz CT molecular complexity index is 1320. The lowest BCUT2D eigenvalue weighted by Gasteiger charge is -2.29. The Morgan fingerprint density at radius 2 is 1.92 bits per heavy atom. The average Bonchev–Trinajstić information content (AvgIpc) is 3.38. The van der Waals surface area contributed by atoms with Gasteiger partial charge in [0.25, 0.3) is 5.91 Å². The normalized spacial score (nSPS) is 20.2. The van der Waals surface area contributed by atoms with Crippen LogP contribution in [-0.4, -0.2) is 72.0 Å². The van der Waals surface area contributed by atoms with Gasteiger partial charge in [0.05, 0.1) is 43.8 Å². The number of amides is 1. The maximum Gasteiger partial charge on any atom is 0.295 e. The van der Waals surface area contributed by atoms with Crippen LogP contribution in [0.2, 0.25) is 0 Å². The van der Waals surface area contributed by atoms with E-state index >= 15 is 0 Å². The number of ether oxygens (including phenoxy) is 2. The smallest absolute Gasteiger partial charge is 0.295 e. The van der Waals surface area contributed by atoms with Crippen LogP contribution in [0.15, 0.2) is 54.2 Å². The van der Waals surface area contributed by atoms with Crippen molar-refractivity contribution in [3.63, 3.8) is 0 Å². The number of quaternary nitrogens is 1. The minimum atomic E-state index is -0.767. The van der Waals surface area contributed by atoms with Gasteiger partial charge in [0, 0.05) is 24.7 Å². The monoisotopic (exact) mass is 504 g/mol. The van der Waals surface area contributed by atoms with Crippen molar-refractivity contribution < 1.29 is 29.1 Å². The summed E-state index contributed by atoms with van der Waals surface area (Å²) in [6.07, 6.45) is 2.47. The molecule has 194 valence electrons. The van der Waals surface area contributed by atoms with Gasteiger partial charge in [0.15, 0.2) is 0 Å². The van der Waals surface area contributed by atoms with Crippen molar-refractivity contribution in [3.8, 4) is 5.75 Å². The van der Waals surface area contributed by atoms with Crippen molar-refractivity contribution in [2.24, 2.45) is 0 Å². The van der Waals surface area contributed by atoms with E-state index < -0.39 is 23.5 Å². The lowest BCUT2D eigenvalue weighted by Crippen LogP contribution is -3.14. The van der Waals surface area contributed by atoms with Gasteiger partial charge < -0.3 is 28.8 Å². The molecule has 0 spiro atoms. The number of likely N-dealkylation sites (tertiary alicyclic amines) is 1. The molecule has 2 aliphatic rings. The molecular formula is C28H32N4O5. The molecule has 2 saturated heterocycles. The van der Waals surface area contributed by atoms with Gasteiger partial charge >= 0.3 is 0 Å². The van der Waals surface area contributed by atoms with Crippen molar-refractivity contribution >= 4 is 23.1 Å². The van der Waals surface area contributed by atoms with E-state index in [-0.39, 0.29) is 5.57 Å². The fraction of sp³-hybridized carbons (Fsp3) is 0.393. The Hall–Kier alpha value is -3.69. The molecular weight excluding hydrogens is 472 g/mol. The number of imidazole rings is 1. The molecule has 37 heavy (non-hydrogen) atoms. The van der Waals surface area contributed by atoms with Gasteiger partial charge in [-0.1, -0.05) is 24.0 Å². The molecule has 2 aromatic heterocycles. The number of pyridine rings is 1. The summed E-state index contributed by atoms with van der Waals surface area (Å²) in [4.78, 5) is 34.2. The average molecular weight is 505 g/mol. The molecule has 2 aliphatic heterocycles. The summed E-state index contributed by atoms with van der Waals surface area (Å²) in [5.74, 6) is -1.15. The first-order valence-electron chi connectivity index (χ1n) is 12.8. The molecule has 4 heterocycles. The van der Waals surface area contributed by atoms with E-state index in [0.717, 1.165) is 39.3 Å². The maximum atomic E-state index is 14.0. The molecule has 2 fully saturated rings. The van der Waals surface area contributed by atoms with Crippen LogP contribution in [-0.2, 0) is 14.3 Å². The van der Waals surface area contributed by atoms with E-state index in [1.165, 1.54) is 4.90 Å². The first kappa shape index (κ1) is 25.0. The Labute approximate surface area is 215 Å². The topological polar surface area (TPSA) is 101 Å². The van der Waals surface area contributed by atoms with Crippen molar-refractivity contribution in [2.75, 3.05) is 46.0 Å². The van der Waals surface area contributed by atoms with Gasteiger partial charge in [-0.3, -0.25) is 9.59 Å². The number of aromatic nitrogens is 2. The zero-order valence-electron chi connectivity index (χ0n) is 21.2. The van der Waals surface area contributed by atoms with E-state index in [4.69, 9.17) is 9.47 Å². The maximum absolute atomic E-state index is 14.0. The van der Waals surface area contributed by atoms with Crippen LogP contribution in [0.3, 0.4) is 0 Å². The minimum Gasteiger partial charge on any atom is -0.871 e. The third-order valence-corrected chi connectivity index (χ3v) is 7.08. The highest BCUT2D eigenvalue weighted by Crippen LogP contribution is 2.39. The van der Waals surface area contributed by atoms with Crippen molar-refractivity contribution in [3.05, 3.63) is 71.2 Å². The number of rotatable bonds is 8. The Morgan fingerprint density at radius 3 is 2.65 bits per heavy atom. The molecule has 1 N–H and O–H groups in total. The number of ketones is 1. The highest BCUT2D eigenvalue weighted by atomic mass is 16.5. The van der Waals surface area contributed by atoms with Gasteiger partial charge in [0.2, 0.25) is 5.78 Å². The molecule has 3 aromatic rings. The van der Waals surface area contributed by atoms with Crippen LogP contribution in [0.5, 0.6) is 5.75 Å². The highest BCUT2D eigenvalue weighted by Gasteiger charge is 2.44. The van der Waals surface area contributed by atoms with Crippen molar-refractivity contribution in [1.82, 2.24) is 14.3 Å². The fourth-order valence-corrected chi connectivity index (χ4v) is 5.28. The number of hydrogen-bond acceptors (Lipinski definition) is 6. The van der Waals surface area contributed by atoms with E-state index in [2.05, 4.69) is 4.98 Å². The van der Waals surface area contributed by atoms with E-state index in [9.17, 15) is 14.7 Å². The molecule has 1 amide bonds. The Balaban J connectivity index is 1.54. The summed E-state index contributed by atoms with van der Waals surface area (Å²) < 4.78 is 12.7. The predicted molar refractivity (Wildman–Crippen MR) is 135 cm³/mol. The number of aryl methyl sites for hydroxylation is 1. The van der Waals surface area contributed by atoms with Gasteiger partial charge in [-0.2, -0.15) is 0 Å². The van der Waals surface area contributed by atoms with Crippen LogP contribution < -0.4 is 14.7 Å². The molecule has 1 aromatic carbocycles. The largest absolute Gasteiger partial charge is 0.871 e. The number of nitrogens with one attached hydrogen (secondary N) is 1. The summed E-state index contributed by atoms with van der Waals surface area (Å²) in [5, 5.41) is 14.0. The van der Waals surface area contributed by atoms with Gasteiger partial charge in [-0.05, 0) is 43.7 Å². The molecule has 1 unspecified atom stereocenters. The summed E-state index contributed by atoms with van der Waals surface area (Å²) in [6, 6.07) is 12.0. The zero-order valence-corrected chi connectivity index (χ0v) is 21.2. The number of nitrogens with zero attached hydrogens (tertiary/aromatic N) is 3. The summed E-state index contributed by atoms with van der Waals surface area (Å²) >= 11 is 0. The van der Waals surface area contributed by atoms with Gasteiger partial charge in [-0.25, -0.2) is 4.98 Å². The number of hydrogen-bond donors (Lipinski definition) is 1. The molecule has 5 rings (SSSR count). The molecule has 1 atom stereocenters. The standard InChI is InChI=1S/C28H32N4O5/c1-3-37-21-10-8-20(9-11-21)25-23(26(33)24-19(2)29-22-7-4-5-13-31(22)24)27(34)28(35)32(25)14-6-12-30-15-17-36-18-16-30/h4-5,7-11,13,25,33H,3,6,12,14-18H2,1-2H3. The first-order valence-corrected chi connectivity index (χ1v) is 12.8. The molecule has 9 nitrogen and oxygen atoms in total. The molecule has 0 bridgehead atoms. The summed E-state index contributed by atoms with van der Waals surface area (Å²) in [5.41, 5.74) is 2.12. The third kappa shape index (κ3) is 4.84. The van der Waals surface area contributed by atoms with Gasteiger partial charge in [-0.15, -0.1) is 0 Å². The Morgan fingerprint density at radius 1 is 1.16 bits per heavy atom. The highest BCUT2D eigenvalue weighted by molar-refractivity contribution is 6.46. The number of morpholine rings is 1. The van der Waals surface area contributed by atoms with Crippen molar-refractivity contribution in [1.29, 1.82) is 0 Å². The number of carbonyl (C=O) groups excluding carboxylic acids is 2. The second kappa shape index (κ2) is 10.7. The molecule has 0 aliphatic carbocycles. The number of benzene rings is 1. The lowest BCUT2D eigenvalue weighted by atomic mass is 9.96. The molecule has 0 saturated carbocycles. The second-order valence-corrected chi connectivity index (χ2v) is 9.42. The SMILES string of the molecule is CCOc1ccc(C2C(=C([O-])c3c(C)nc4ccccn34)C(=O)C(=O)N2CCC[NH+]2CCOCC2)cc1. The lowest BCUT2D eigenvalue weighted by molar-refractivity contribution is -0.908. The van der Waals surface area contributed by atoms with Crippen LogP contribution >= 0.6 is 0 Å². The van der Waals surface area contributed by atoms with Gasteiger partial charge in [0.1, 0.15) is 24.5 Å². The number of Topliss-reactive ketones (excluding diaryl/α,β-unsaturated/α-hetero) is 1. The number of carbonyl (C=O) groups is 2. The third-order valence-electron chi connectivity index (χ3n) is 7.08. The zero-order chi connectivity index (χ0) is 25.9. The van der Waals surface area contributed by atoms with Crippen LogP contribution in [0.1, 0.15) is 36.3 Å². The molecule has 0 radical (unpaired) electrons. The summed E-state index contributed by atoms with van der Waals surface area (Å²) in [7, 11) is 0. The quantitative estimate of drug-likeness (QED) is 0.274. The van der Waals surface area contributed by atoms with Crippen LogP contribution in [0, 0.1) is 6.92 Å². The fourth-order valence-electron chi connectivity index (χ4n) is 5.28. The number of fused-ring (bicyclic) bond motifs is 1. The van der Waals surface area contributed by atoms with Crippen LogP contribution in [0.25, 0.3) is 11.4 Å².